The lowest BCUT2D eigenvalue weighted by Crippen LogP contribution is -1.98. The summed E-state index contributed by atoms with van der Waals surface area (Å²) in [6, 6.07) is 3.43. The van der Waals surface area contributed by atoms with Gasteiger partial charge in [0.15, 0.2) is 5.78 Å². The Balaban J connectivity index is 3.07. The van der Waals surface area contributed by atoms with E-state index >= 15 is 0 Å². The minimum absolute atomic E-state index is 0.100. The normalized spacial score (nSPS) is 9.86. The Kier molecular flexibility index (Phi) is 3.89. The van der Waals surface area contributed by atoms with Crippen molar-refractivity contribution in [2.24, 2.45) is 0 Å². The zero-order chi connectivity index (χ0) is 10.7. The summed E-state index contributed by atoms with van der Waals surface area (Å²) in [6.45, 7) is 3.38. The summed E-state index contributed by atoms with van der Waals surface area (Å²) < 4.78 is 1.38. The first-order valence-electron chi connectivity index (χ1n) is 3.86. The number of ketones is 1. The molecule has 0 heterocycles. The van der Waals surface area contributed by atoms with E-state index in [0.29, 0.717) is 10.0 Å². The van der Waals surface area contributed by atoms with Gasteiger partial charge >= 0.3 is 0 Å². The molecule has 0 amide bonds. The van der Waals surface area contributed by atoms with E-state index in [2.05, 4.69) is 38.4 Å². The van der Waals surface area contributed by atoms with Crippen molar-refractivity contribution >= 4 is 37.6 Å². The van der Waals surface area contributed by atoms with E-state index in [1.54, 1.807) is 12.1 Å². The van der Waals surface area contributed by atoms with Gasteiger partial charge in [0.05, 0.1) is 4.47 Å². The summed E-state index contributed by atoms with van der Waals surface area (Å²) in [5.41, 5.74) is 0.580. The van der Waals surface area contributed by atoms with Gasteiger partial charge < -0.3 is 5.11 Å². The van der Waals surface area contributed by atoms with Crippen LogP contribution in [0, 0.1) is 0 Å². The lowest BCUT2D eigenvalue weighted by Gasteiger charge is -2.05. The molecule has 0 radical (unpaired) electrons. The third kappa shape index (κ3) is 2.69. The van der Waals surface area contributed by atoms with Gasteiger partial charge in [-0.25, -0.2) is 0 Å². The largest absolute Gasteiger partial charge is 0.506 e. The summed E-state index contributed by atoms with van der Waals surface area (Å²) >= 11 is 6.47. The molecule has 0 fully saturated rings. The second kappa shape index (κ2) is 4.75. The monoisotopic (exact) mass is 318 g/mol. The number of carbonyl (C=O) groups excluding carboxylic acids is 1. The molecule has 0 saturated carbocycles. The van der Waals surface area contributed by atoms with Crippen LogP contribution in [0.3, 0.4) is 0 Å². The summed E-state index contributed by atoms with van der Waals surface area (Å²) in [4.78, 5) is 11.1. The first-order chi connectivity index (χ1) is 6.54. The fourth-order valence-electron chi connectivity index (χ4n) is 1.01. The highest BCUT2D eigenvalue weighted by Crippen LogP contribution is 2.31. The number of phenolic OH excluding ortho intramolecular Hbond substituents is 1. The maximum Gasteiger partial charge on any atom is 0.159 e. The van der Waals surface area contributed by atoms with Crippen molar-refractivity contribution in [1.82, 2.24) is 0 Å². The molecule has 0 aromatic heterocycles. The van der Waals surface area contributed by atoms with Gasteiger partial charge in [-0.3, -0.25) is 4.79 Å². The lowest BCUT2D eigenvalue weighted by molar-refractivity contribution is -0.114. The molecule has 0 aliphatic heterocycles. The Morgan fingerprint density at radius 2 is 2.14 bits per heavy atom. The van der Waals surface area contributed by atoms with E-state index < -0.39 is 0 Å². The first-order valence-corrected chi connectivity index (χ1v) is 5.45. The SMILES string of the molecule is C=CC(=O)Cc1cc(Br)cc(Br)c1O. The number of aromatic hydroxyl groups is 1. The summed E-state index contributed by atoms with van der Waals surface area (Å²) in [6.07, 6.45) is 1.40. The fraction of sp³-hybridized carbons (Fsp3) is 0.100. The first kappa shape index (κ1) is 11.5. The molecule has 0 aliphatic carbocycles. The third-order valence-corrected chi connectivity index (χ3v) is 2.76. The molecule has 1 N–H and O–H groups in total. The third-order valence-electron chi connectivity index (χ3n) is 1.70. The molecule has 74 valence electrons. The molecule has 0 saturated heterocycles. The van der Waals surface area contributed by atoms with Crippen LogP contribution < -0.4 is 0 Å². The minimum Gasteiger partial charge on any atom is -0.506 e. The van der Waals surface area contributed by atoms with E-state index in [1.807, 2.05) is 0 Å². The van der Waals surface area contributed by atoms with Crippen LogP contribution in [0.15, 0.2) is 33.7 Å². The number of benzene rings is 1. The highest BCUT2D eigenvalue weighted by atomic mass is 79.9. The molecular formula is C10H8Br2O2. The number of phenols is 1. The van der Waals surface area contributed by atoms with Crippen molar-refractivity contribution in [2.45, 2.75) is 6.42 Å². The number of halogens is 2. The van der Waals surface area contributed by atoms with Crippen molar-refractivity contribution in [3.63, 3.8) is 0 Å². The Morgan fingerprint density at radius 3 is 2.71 bits per heavy atom. The van der Waals surface area contributed by atoms with Crippen LogP contribution in [0.5, 0.6) is 5.75 Å². The number of hydrogen-bond acceptors (Lipinski definition) is 2. The molecule has 0 spiro atoms. The Hall–Kier alpha value is -0.610. The highest BCUT2D eigenvalue weighted by molar-refractivity contribution is 9.11. The van der Waals surface area contributed by atoms with Crippen molar-refractivity contribution < 1.29 is 9.90 Å². The van der Waals surface area contributed by atoms with Crippen LogP contribution in [-0.4, -0.2) is 10.9 Å². The molecule has 0 unspecified atom stereocenters. The summed E-state index contributed by atoms with van der Waals surface area (Å²) in [5, 5.41) is 9.61. The van der Waals surface area contributed by atoms with E-state index in [9.17, 15) is 9.90 Å². The Morgan fingerprint density at radius 1 is 1.50 bits per heavy atom. The lowest BCUT2D eigenvalue weighted by atomic mass is 10.1. The second-order valence-corrected chi connectivity index (χ2v) is 4.51. The molecule has 1 rings (SSSR count). The fourth-order valence-corrected chi connectivity index (χ4v) is 2.33. The predicted octanol–water partition coefficient (Wildman–Crippen LogP) is 3.21. The second-order valence-electron chi connectivity index (χ2n) is 2.74. The quantitative estimate of drug-likeness (QED) is 0.869. The zero-order valence-electron chi connectivity index (χ0n) is 7.26. The van der Waals surface area contributed by atoms with Gasteiger partial charge in [0.1, 0.15) is 5.75 Å². The maximum atomic E-state index is 11.1. The predicted molar refractivity (Wildman–Crippen MR) is 62.4 cm³/mol. The van der Waals surface area contributed by atoms with Crippen LogP contribution in [-0.2, 0) is 11.2 Å². The van der Waals surface area contributed by atoms with Gasteiger partial charge in [-0.2, -0.15) is 0 Å². The van der Waals surface area contributed by atoms with Crippen molar-refractivity contribution in [3.8, 4) is 5.75 Å². The molecule has 1 aromatic rings. The van der Waals surface area contributed by atoms with E-state index in [4.69, 9.17) is 0 Å². The molecule has 0 atom stereocenters. The highest BCUT2D eigenvalue weighted by Gasteiger charge is 2.09. The van der Waals surface area contributed by atoms with Gasteiger partial charge in [-0.05, 0) is 34.1 Å². The molecular weight excluding hydrogens is 312 g/mol. The van der Waals surface area contributed by atoms with E-state index in [1.165, 1.54) is 6.08 Å². The average molecular weight is 320 g/mol. The molecule has 2 nitrogen and oxygen atoms in total. The average Bonchev–Trinajstić information content (AvgIpc) is 2.13. The molecule has 1 aromatic carbocycles. The van der Waals surface area contributed by atoms with E-state index in [0.717, 1.165) is 4.47 Å². The van der Waals surface area contributed by atoms with Crippen LogP contribution in [0.2, 0.25) is 0 Å². The minimum atomic E-state index is -0.120. The van der Waals surface area contributed by atoms with Gasteiger partial charge in [-0.15, -0.1) is 0 Å². The Bertz CT molecular complexity index is 386. The molecule has 0 aliphatic rings. The van der Waals surface area contributed by atoms with Crippen LogP contribution in [0.1, 0.15) is 5.56 Å². The van der Waals surface area contributed by atoms with Crippen molar-refractivity contribution in [2.75, 3.05) is 0 Å². The standard InChI is InChI=1S/C10H8Br2O2/c1-2-8(13)4-6-3-7(11)5-9(12)10(6)14/h2-3,5,14H,1,4H2. The summed E-state index contributed by atoms with van der Waals surface area (Å²) in [7, 11) is 0. The summed E-state index contributed by atoms with van der Waals surface area (Å²) in [5.74, 6) is -0.0197. The van der Waals surface area contributed by atoms with Crippen LogP contribution >= 0.6 is 31.9 Å². The van der Waals surface area contributed by atoms with Crippen molar-refractivity contribution in [1.29, 1.82) is 0 Å². The zero-order valence-corrected chi connectivity index (χ0v) is 10.4. The number of allylic oxidation sites excluding steroid dienone is 1. The van der Waals surface area contributed by atoms with Gasteiger partial charge in [0, 0.05) is 16.5 Å². The molecule has 14 heavy (non-hydrogen) atoms. The van der Waals surface area contributed by atoms with Gasteiger partial charge in [0.25, 0.3) is 0 Å². The van der Waals surface area contributed by atoms with Gasteiger partial charge in [-0.1, -0.05) is 22.5 Å². The smallest absolute Gasteiger partial charge is 0.159 e. The van der Waals surface area contributed by atoms with Gasteiger partial charge in [0.2, 0.25) is 0 Å². The van der Waals surface area contributed by atoms with E-state index in [-0.39, 0.29) is 18.0 Å². The van der Waals surface area contributed by atoms with Crippen molar-refractivity contribution in [3.05, 3.63) is 39.3 Å². The topological polar surface area (TPSA) is 37.3 Å². The number of hydrogen-bond donors (Lipinski definition) is 1. The molecule has 0 bridgehead atoms. The van der Waals surface area contributed by atoms with Crippen LogP contribution in [0.4, 0.5) is 0 Å². The number of rotatable bonds is 3. The molecule has 4 heteroatoms. The number of carbonyl (C=O) groups is 1. The van der Waals surface area contributed by atoms with Crippen LogP contribution in [0.25, 0.3) is 0 Å². The maximum absolute atomic E-state index is 11.1. The Labute approximate surface area is 98.9 Å².